The van der Waals surface area contributed by atoms with E-state index in [9.17, 15) is 4.79 Å². The number of carbonyl (C=O) groups is 1. The Bertz CT molecular complexity index is 986. The Morgan fingerprint density at radius 1 is 1.23 bits per heavy atom. The molecule has 4 nitrogen and oxygen atoms in total. The topological polar surface area (TPSA) is 48.4 Å². The number of esters is 1. The third kappa shape index (κ3) is 3.13. The SMILES string of the molecule is Cc1c(Cl)c(COC(=O)C2COc3ccccc3C2)nc2ccccc12. The number of fused-ring (bicyclic) bond motifs is 2. The second-order valence-electron chi connectivity index (χ2n) is 6.44. The molecule has 1 atom stereocenters. The van der Waals surface area contributed by atoms with Crippen molar-refractivity contribution in [3.63, 3.8) is 0 Å². The van der Waals surface area contributed by atoms with Gasteiger partial charge in [0.2, 0.25) is 0 Å². The molecule has 1 aliphatic heterocycles. The highest BCUT2D eigenvalue weighted by molar-refractivity contribution is 6.32. The van der Waals surface area contributed by atoms with Crippen molar-refractivity contribution >= 4 is 28.5 Å². The summed E-state index contributed by atoms with van der Waals surface area (Å²) < 4.78 is 11.2. The van der Waals surface area contributed by atoms with E-state index in [2.05, 4.69) is 4.98 Å². The first-order chi connectivity index (χ1) is 12.6. The van der Waals surface area contributed by atoms with Crippen LogP contribution in [0, 0.1) is 12.8 Å². The molecule has 2 aromatic carbocycles. The van der Waals surface area contributed by atoms with Gasteiger partial charge in [0.15, 0.2) is 0 Å². The van der Waals surface area contributed by atoms with Gasteiger partial charge in [-0.3, -0.25) is 4.79 Å². The van der Waals surface area contributed by atoms with Crippen molar-refractivity contribution in [1.29, 1.82) is 0 Å². The molecule has 0 aliphatic carbocycles. The maximum absolute atomic E-state index is 12.5. The summed E-state index contributed by atoms with van der Waals surface area (Å²) in [4.78, 5) is 17.0. The number of nitrogens with zero attached hydrogens (tertiary/aromatic N) is 1. The fourth-order valence-electron chi connectivity index (χ4n) is 3.25. The summed E-state index contributed by atoms with van der Waals surface area (Å²) in [6.07, 6.45) is 0.618. The van der Waals surface area contributed by atoms with Gasteiger partial charge in [-0.25, -0.2) is 4.98 Å². The number of rotatable bonds is 3. The van der Waals surface area contributed by atoms with Gasteiger partial charge in [0.1, 0.15) is 19.0 Å². The van der Waals surface area contributed by atoms with E-state index in [1.807, 2.05) is 55.5 Å². The van der Waals surface area contributed by atoms with Gasteiger partial charge in [-0.1, -0.05) is 48.0 Å². The predicted octanol–water partition coefficient (Wildman–Crippen LogP) is 4.49. The zero-order valence-corrected chi connectivity index (χ0v) is 15.1. The quantitative estimate of drug-likeness (QED) is 0.640. The van der Waals surface area contributed by atoms with Crippen molar-refractivity contribution in [3.8, 4) is 5.75 Å². The minimum absolute atomic E-state index is 0.0570. The first-order valence-electron chi connectivity index (χ1n) is 8.54. The molecule has 2 heterocycles. The lowest BCUT2D eigenvalue weighted by molar-refractivity contribution is -0.151. The molecule has 1 aromatic heterocycles. The van der Waals surface area contributed by atoms with Crippen LogP contribution < -0.4 is 4.74 Å². The van der Waals surface area contributed by atoms with Crippen LogP contribution in [0.2, 0.25) is 5.02 Å². The van der Waals surface area contributed by atoms with E-state index in [1.54, 1.807) is 0 Å². The number of benzene rings is 2. The van der Waals surface area contributed by atoms with Crippen LogP contribution in [0.4, 0.5) is 0 Å². The highest BCUT2D eigenvalue weighted by atomic mass is 35.5. The number of para-hydroxylation sites is 2. The maximum atomic E-state index is 12.5. The second kappa shape index (κ2) is 6.96. The molecule has 5 heteroatoms. The maximum Gasteiger partial charge on any atom is 0.313 e. The molecule has 0 N–H and O–H groups in total. The predicted molar refractivity (Wildman–Crippen MR) is 100 cm³/mol. The third-order valence-corrected chi connectivity index (χ3v) is 5.21. The summed E-state index contributed by atoms with van der Waals surface area (Å²) in [7, 11) is 0. The van der Waals surface area contributed by atoms with E-state index in [-0.39, 0.29) is 18.5 Å². The van der Waals surface area contributed by atoms with Gasteiger partial charge < -0.3 is 9.47 Å². The molecule has 0 fully saturated rings. The number of carbonyl (C=O) groups excluding carboxylic acids is 1. The highest BCUT2D eigenvalue weighted by Gasteiger charge is 2.27. The zero-order chi connectivity index (χ0) is 18.1. The van der Waals surface area contributed by atoms with Crippen LogP contribution >= 0.6 is 11.6 Å². The van der Waals surface area contributed by atoms with Crippen LogP contribution in [0.25, 0.3) is 10.9 Å². The molecule has 0 saturated heterocycles. The first kappa shape index (κ1) is 16.9. The molecule has 1 aliphatic rings. The number of aryl methyl sites for hydroxylation is 1. The number of aromatic nitrogens is 1. The lowest BCUT2D eigenvalue weighted by Gasteiger charge is -2.24. The summed E-state index contributed by atoms with van der Waals surface area (Å²) in [5.41, 5.74) is 3.39. The van der Waals surface area contributed by atoms with Crippen molar-refractivity contribution < 1.29 is 14.3 Å². The lowest BCUT2D eigenvalue weighted by Crippen LogP contribution is -2.29. The number of pyridine rings is 1. The van der Waals surface area contributed by atoms with E-state index in [0.29, 0.717) is 23.7 Å². The van der Waals surface area contributed by atoms with Crippen molar-refractivity contribution in [2.45, 2.75) is 20.0 Å². The summed E-state index contributed by atoms with van der Waals surface area (Å²) in [6.45, 7) is 2.33. The van der Waals surface area contributed by atoms with Crippen LogP contribution in [-0.2, 0) is 22.6 Å². The van der Waals surface area contributed by atoms with Gasteiger partial charge in [-0.05, 0) is 36.6 Å². The number of hydrogen-bond donors (Lipinski definition) is 0. The monoisotopic (exact) mass is 367 g/mol. The normalized spacial score (nSPS) is 16.0. The van der Waals surface area contributed by atoms with Crippen molar-refractivity contribution in [1.82, 2.24) is 4.98 Å². The Hall–Kier alpha value is -2.59. The van der Waals surface area contributed by atoms with Gasteiger partial charge in [-0.15, -0.1) is 0 Å². The Morgan fingerprint density at radius 2 is 2.00 bits per heavy atom. The van der Waals surface area contributed by atoms with Crippen LogP contribution in [-0.4, -0.2) is 17.6 Å². The first-order valence-corrected chi connectivity index (χ1v) is 8.92. The van der Waals surface area contributed by atoms with Crippen molar-refractivity contribution in [3.05, 3.63) is 70.4 Å². The summed E-state index contributed by atoms with van der Waals surface area (Å²) in [6, 6.07) is 15.5. The summed E-state index contributed by atoms with van der Waals surface area (Å²) in [5, 5.41) is 1.55. The van der Waals surface area contributed by atoms with Crippen LogP contribution in [0.15, 0.2) is 48.5 Å². The average molecular weight is 368 g/mol. The molecular weight excluding hydrogens is 350 g/mol. The lowest BCUT2D eigenvalue weighted by atomic mass is 9.97. The average Bonchev–Trinajstić information content (AvgIpc) is 2.69. The summed E-state index contributed by atoms with van der Waals surface area (Å²) >= 11 is 6.43. The standard InChI is InChI=1S/C21H18ClNO3/c1-13-16-7-3-4-8-17(16)23-18(20(13)22)12-26-21(24)15-10-14-6-2-5-9-19(14)25-11-15/h2-9,15H,10-12H2,1H3. The highest BCUT2D eigenvalue weighted by Crippen LogP contribution is 2.29. The van der Waals surface area contributed by atoms with E-state index >= 15 is 0 Å². The van der Waals surface area contributed by atoms with Crippen molar-refractivity contribution in [2.24, 2.45) is 5.92 Å². The Labute approximate surface area is 156 Å². The van der Waals surface area contributed by atoms with Gasteiger partial charge >= 0.3 is 5.97 Å². The molecule has 0 amide bonds. The second-order valence-corrected chi connectivity index (χ2v) is 6.82. The van der Waals surface area contributed by atoms with Crippen LogP contribution in [0.3, 0.4) is 0 Å². The van der Waals surface area contributed by atoms with E-state index in [1.165, 1.54) is 0 Å². The Morgan fingerprint density at radius 3 is 2.88 bits per heavy atom. The molecule has 132 valence electrons. The molecule has 0 saturated carbocycles. The van der Waals surface area contributed by atoms with Crippen LogP contribution in [0.5, 0.6) is 5.75 Å². The molecule has 3 aromatic rings. The van der Waals surface area contributed by atoms with E-state index in [0.717, 1.165) is 27.8 Å². The van der Waals surface area contributed by atoms with Crippen LogP contribution in [0.1, 0.15) is 16.8 Å². The molecular formula is C21H18ClNO3. The number of ether oxygens (including phenoxy) is 2. The van der Waals surface area contributed by atoms with E-state index in [4.69, 9.17) is 21.1 Å². The van der Waals surface area contributed by atoms with E-state index < -0.39 is 0 Å². The Kier molecular flexibility index (Phi) is 4.51. The molecule has 26 heavy (non-hydrogen) atoms. The smallest absolute Gasteiger partial charge is 0.313 e. The minimum atomic E-state index is -0.315. The fraction of sp³-hybridized carbons (Fsp3) is 0.238. The van der Waals surface area contributed by atoms with Gasteiger partial charge in [0.05, 0.1) is 22.2 Å². The zero-order valence-electron chi connectivity index (χ0n) is 14.4. The van der Waals surface area contributed by atoms with Gasteiger partial charge in [-0.2, -0.15) is 0 Å². The van der Waals surface area contributed by atoms with Crippen molar-refractivity contribution in [2.75, 3.05) is 6.61 Å². The number of halogens is 1. The fourth-order valence-corrected chi connectivity index (χ4v) is 3.45. The molecule has 1 unspecified atom stereocenters. The summed E-state index contributed by atoms with van der Waals surface area (Å²) in [5.74, 6) is 0.236. The molecule has 0 spiro atoms. The molecule has 0 radical (unpaired) electrons. The molecule has 4 rings (SSSR count). The van der Waals surface area contributed by atoms with Gasteiger partial charge in [0, 0.05) is 5.39 Å². The number of hydrogen-bond acceptors (Lipinski definition) is 4. The minimum Gasteiger partial charge on any atom is -0.492 e. The Balaban J connectivity index is 1.48. The third-order valence-electron chi connectivity index (χ3n) is 4.71. The molecule has 0 bridgehead atoms. The van der Waals surface area contributed by atoms with Gasteiger partial charge in [0.25, 0.3) is 0 Å². The largest absolute Gasteiger partial charge is 0.492 e.